The summed E-state index contributed by atoms with van der Waals surface area (Å²) in [5.41, 5.74) is 3.64. The zero-order valence-corrected chi connectivity index (χ0v) is 13.0. The summed E-state index contributed by atoms with van der Waals surface area (Å²) in [6, 6.07) is 15.2. The summed E-state index contributed by atoms with van der Waals surface area (Å²) in [5, 5.41) is 10.8. The molecule has 0 aliphatic rings. The lowest BCUT2D eigenvalue weighted by Gasteiger charge is -2.03. The number of aryl methyl sites for hydroxylation is 2. The summed E-state index contributed by atoms with van der Waals surface area (Å²) in [6.45, 7) is 4.15. The van der Waals surface area contributed by atoms with Crippen molar-refractivity contribution in [2.75, 3.05) is 0 Å². The number of aromatic nitrogens is 2. The van der Waals surface area contributed by atoms with Crippen molar-refractivity contribution >= 4 is 5.91 Å². The smallest absolute Gasteiger partial charge is 0.251 e. The van der Waals surface area contributed by atoms with Crippen LogP contribution in [0.25, 0.3) is 11.5 Å². The van der Waals surface area contributed by atoms with Crippen molar-refractivity contribution < 1.29 is 9.21 Å². The number of benzene rings is 2. The van der Waals surface area contributed by atoms with Gasteiger partial charge in [0, 0.05) is 11.1 Å². The van der Waals surface area contributed by atoms with Gasteiger partial charge in [0.2, 0.25) is 11.8 Å². The van der Waals surface area contributed by atoms with Gasteiger partial charge in [-0.05, 0) is 38.1 Å². The molecule has 3 rings (SSSR count). The predicted molar refractivity (Wildman–Crippen MR) is 86.8 cm³/mol. The van der Waals surface area contributed by atoms with E-state index in [1.54, 1.807) is 6.07 Å². The second-order valence-corrected chi connectivity index (χ2v) is 5.42. The summed E-state index contributed by atoms with van der Waals surface area (Å²) < 4.78 is 5.60. The van der Waals surface area contributed by atoms with Crippen LogP contribution in [0, 0.1) is 13.8 Å². The van der Waals surface area contributed by atoms with Crippen LogP contribution in [0.4, 0.5) is 0 Å². The summed E-state index contributed by atoms with van der Waals surface area (Å²) in [4.78, 5) is 12.1. The van der Waals surface area contributed by atoms with Crippen LogP contribution in [0.5, 0.6) is 0 Å². The van der Waals surface area contributed by atoms with Gasteiger partial charge in [0.1, 0.15) is 0 Å². The topological polar surface area (TPSA) is 68.0 Å². The fourth-order valence-electron chi connectivity index (χ4n) is 2.26. The number of nitrogens with zero attached hydrogens (tertiary/aromatic N) is 2. The Labute approximate surface area is 134 Å². The molecular weight excluding hydrogens is 290 g/mol. The lowest BCUT2D eigenvalue weighted by atomic mass is 10.1. The highest BCUT2D eigenvalue weighted by Gasteiger charge is 2.11. The molecule has 2 aromatic carbocycles. The molecule has 116 valence electrons. The third kappa shape index (κ3) is 3.63. The van der Waals surface area contributed by atoms with E-state index in [4.69, 9.17) is 4.42 Å². The summed E-state index contributed by atoms with van der Waals surface area (Å²) in [6.07, 6.45) is 0. The first-order valence-corrected chi connectivity index (χ1v) is 7.36. The van der Waals surface area contributed by atoms with E-state index in [2.05, 4.69) is 15.5 Å². The average Bonchev–Trinajstić information content (AvgIpc) is 3.01. The minimum absolute atomic E-state index is 0.163. The van der Waals surface area contributed by atoms with Gasteiger partial charge in [0.25, 0.3) is 5.91 Å². The van der Waals surface area contributed by atoms with Crippen molar-refractivity contribution in [3.63, 3.8) is 0 Å². The summed E-state index contributed by atoms with van der Waals surface area (Å²) >= 11 is 0. The number of hydrogen-bond donors (Lipinski definition) is 1. The van der Waals surface area contributed by atoms with Crippen LogP contribution in [-0.2, 0) is 6.54 Å². The van der Waals surface area contributed by atoms with Gasteiger partial charge in [-0.2, -0.15) is 0 Å². The SMILES string of the molecule is Cc1cccc(C(=O)NCc2nnc(-c3cccc(C)c3)o2)c1. The van der Waals surface area contributed by atoms with Crippen LogP contribution in [0.1, 0.15) is 27.4 Å². The Kier molecular flexibility index (Phi) is 4.19. The lowest BCUT2D eigenvalue weighted by molar-refractivity contribution is 0.0947. The molecule has 23 heavy (non-hydrogen) atoms. The van der Waals surface area contributed by atoms with E-state index in [9.17, 15) is 4.79 Å². The first-order chi connectivity index (χ1) is 11.1. The van der Waals surface area contributed by atoms with Crippen molar-refractivity contribution in [3.05, 3.63) is 71.1 Å². The number of carbonyl (C=O) groups excluding carboxylic acids is 1. The third-order valence-electron chi connectivity index (χ3n) is 3.41. The molecule has 1 amide bonds. The van der Waals surface area contributed by atoms with Gasteiger partial charge in [0.15, 0.2) is 0 Å². The minimum Gasteiger partial charge on any atom is -0.419 e. The zero-order valence-electron chi connectivity index (χ0n) is 13.0. The Hall–Kier alpha value is -2.95. The van der Waals surface area contributed by atoms with Crippen molar-refractivity contribution in [2.24, 2.45) is 0 Å². The molecule has 1 N–H and O–H groups in total. The molecule has 0 spiro atoms. The van der Waals surface area contributed by atoms with Crippen LogP contribution >= 0.6 is 0 Å². The Morgan fingerprint density at radius 3 is 2.52 bits per heavy atom. The molecule has 0 fully saturated rings. The minimum atomic E-state index is -0.163. The normalized spacial score (nSPS) is 10.5. The Bertz CT molecular complexity index is 840. The second-order valence-electron chi connectivity index (χ2n) is 5.42. The second kappa shape index (κ2) is 6.44. The van der Waals surface area contributed by atoms with Crippen LogP contribution < -0.4 is 5.32 Å². The van der Waals surface area contributed by atoms with E-state index in [1.807, 2.05) is 56.3 Å². The molecule has 0 saturated carbocycles. The Morgan fingerprint density at radius 1 is 1.04 bits per heavy atom. The molecule has 0 aliphatic carbocycles. The number of rotatable bonds is 4. The summed E-state index contributed by atoms with van der Waals surface area (Å²) in [7, 11) is 0. The maximum Gasteiger partial charge on any atom is 0.251 e. The van der Waals surface area contributed by atoms with Gasteiger partial charge >= 0.3 is 0 Å². The molecule has 0 saturated heterocycles. The maximum absolute atomic E-state index is 12.1. The molecule has 0 unspecified atom stereocenters. The Morgan fingerprint density at radius 2 is 1.78 bits per heavy atom. The maximum atomic E-state index is 12.1. The van der Waals surface area contributed by atoms with E-state index < -0.39 is 0 Å². The van der Waals surface area contributed by atoms with Gasteiger partial charge in [-0.15, -0.1) is 10.2 Å². The molecule has 0 bridgehead atoms. The fourth-order valence-corrected chi connectivity index (χ4v) is 2.26. The molecule has 0 atom stereocenters. The van der Waals surface area contributed by atoms with Gasteiger partial charge in [-0.3, -0.25) is 4.79 Å². The molecule has 1 heterocycles. The number of nitrogens with one attached hydrogen (secondary N) is 1. The highest BCUT2D eigenvalue weighted by molar-refractivity contribution is 5.94. The average molecular weight is 307 g/mol. The third-order valence-corrected chi connectivity index (χ3v) is 3.41. The highest BCUT2D eigenvalue weighted by Crippen LogP contribution is 2.18. The van der Waals surface area contributed by atoms with Crippen molar-refractivity contribution in [1.29, 1.82) is 0 Å². The van der Waals surface area contributed by atoms with Crippen LogP contribution in [-0.4, -0.2) is 16.1 Å². The van der Waals surface area contributed by atoms with Gasteiger partial charge < -0.3 is 9.73 Å². The lowest BCUT2D eigenvalue weighted by Crippen LogP contribution is -2.22. The van der Waals surface area contributed by atoms with E-state index in [0.29, 0.717) is 17.3 Å². The monoisotopic (exact) mass is 307 g/mol. The van der Waals surface area contributed by atoms with Crippen LogP contribution in [0.3, 0.4) is 0 Å². The summed E-state index contributed by atoms with van der Waals surface area (Å²) in [5.74, 6) is 0.667. The Balaban J connectivity index is 1.67. The first-order valence-electron chi connectivity index (χ1n) is 7.36. The first kappa shape index (κ1) is 15.0. The van der Waals surface area contributed by atoms with Crippen molar-refractivity contribution in [2.45, 2.75) is 20.4 Å². The highest BCUT2D eigenvalue weighted by atomic mass is 16.4. The molecule has 0 radical (unpaired) electrons. The molecule has 0 aliphatic heterocycles. The van der Waals surface area contributed by atoms with Gasteiger partial charge in [-0.1, -0.05) is 35.4 Å². The van der Waals surface area contributed by atoms with Crippen LogP contribution in [0.15, 0.2) is 52.9 Å². The van der Waals surface area contributed by atoms with Crippen molar-refractivity contribution in [3.8, 4) is 11.5 Å². The van der Waals surface area contributed by atoms with Gasteiger partial charge in [-0.25, -0.2) is 0 Å². The fraction of sp³-hybridized carbons (Fsp3) is 0.167. The number of hydrogen-bond acceptors (Lipinski definition) is 4. The number of amides is 1. The zero-order chi connectivity index (χ0) is 16.2. The van der Waals surface area contributed by atoms with Gasteiger partial charge in [0.05, 0.1) is 6.54 Å². The predicted octanol–water partition coefficient (Wildman–Crippen LogP) is 3.28. The van der Waals surface area contributed by atoms with Crippen LogP contribution in [0.2, 0.25) is 0 Å². The molecular formula is C18H17N3O2. The standard InChI is InChI=1S/C18H17N3O2/c1-12-5-3-7-14(9-12)17(22)19-11-16-20-21-18(23-16)15-8-4-6-13(2)10-15/h3-10H,11H2,1-2H3,(H,19,22). The van der Waals surface area contributed by atoms with E-state index in [-0.39, 0.29) is 12.5 Å². The van der Waals surface area contributed by atoms with E-state index >= 15 is 0 Å². The molecule has 5 nitrogen and oxygen atoms in total. The molecule has 1 aromatic heterocycles. The van der Waals surface area contributed by atoms with E-state index in [0.717, 1.165) is 16.7 Å². The number of carbonyl (C=O) groups is 1. The van der Waals surface area contributed by atoms with Crippen molar-refractivity contribution in [1.82, 2.24) is 15.5 Å². The molecule has 5 heteroatoms. The van der Waals surface area contributed by atoms with E-state index in [1.165, 1.54) is 0 Å². The largest absolute Gasteiger partial charge is 0.419 e. The quantitative estimate of drug-likeness (QED) is 0.803. The molecule has 3 aromatic rings.